The van der Waals surface area contributed by atoms with E-state index in [1.165, 1.54) is 25.7 Å². The van der Waals surface area contributed by atoms with Crippen LogP contribution in [0.1, 0.15) is 58.3 Å². The van der Waals surface area contributed by atoms with Crippen LogP contribution in [-0.4, -0.2) is 45.5 Å². The first kappa shape index (κ1) is 20.3. The lowest BCUT2D eigenvalue weighted by molar-refractivity contribution is -0.148. The van der Waals surface area contributed by atoms with Crippen LogP contribution < -0.4 is 5.73 Å². The molecule has 2 N–H and O–H groups in total. The first-order valence-corrected chi connectivity index (χ1v) is 8.32. The number of carbonyl (C=O) groups is 1. The molecule has 0 aromatic heterocycles. The Kier molecular flexibility index (Phi) is 16.9. The van der Waals surface area contributed by atoms with Crippen LogP contribution in [0.5, 0.6) is 0 Å². The van der Waals surface area contributed by atoms with Gasteiger partial charge < -0.3 is 19.9 Å². The molecule has 0 saturated carbocycles. The fraction of sp³-hybridized carbons (Fsp3) is 0.938. The Balaban J connectivity index is 3.01. The largest absolute Gasteiger partial charge is 0.464 e. The standard InChI is InChI=1S/C16H33NO4/c1-2-21-16(18)15-20-13-9-7-5-3-4-6-8-12-19-14-10-11-17/h2-15,17H2,1H3. The van der Waals surface area contributed by atoms with Crippen LogP contribution in [-0.2, 0) is 19.0 Å². The molecule has 0 spiro atoms. The summed E-state index contributed by atoms with van der Waals surface area (Å²) in [5, 5.41) is 0. The van der Waals surface area contributed by atoms with Gasteiger partial charge in [0.2, 0.25) is 0 Å². The molecule has 0 rings (SSSR count). The second-order valence-corrected chi connectivity index (χ2v) is 5.09. The average molecular weight is 303 g/mol. The van der Waals surface area contributed by atoms with E-state index in [0.717, 1.165) is 38.9 Å². The molecule has 0 aromatic carbocycles. The van der Waals surface area contributed by atoms with Crippen molar-refractivity contribution in [3.05, 3.63) is 0 Å². The molecule has 0 saturated heterocycles. The zero-order valence-electron chi connectivity index (χ0n) is 13.6. The Bertz CT molecular complexity index is 224. The van der Waals surface area contributed by atoms with Crippen LogP contribution in [0.2, 0.25) is 0 Å². The molecule has 0 amide bonds. The predicted octanol–water partition coefficient (Wildman–Crippen LogP) is 2.66. The number of nitrogens with two attached hydrogens (primary N) is 1. The first-order valence-electron chi connectivity index (χ1n) is 8.32. The third kappa shape index (κ3) is 17.3. The van der Waals surface area contributed by atoms with E-state index in [-0.39, 0.29) is 12.6 Å². The quantitative estimate of drug-likeness (QED) is 0.350. The number of ether oxygens (including phenoxy) is 3. The van der Waals surface area contributed by atoms with E-state index in [4.69, 9.17) is 19.9 Å². The van der Waals surface area contributed by atoms with Crippen molar-refractivity contribution in [1.82, 2.24) is 0 Å². The summed E-state index contributed by atoms with van der Waals surface area (Å²) in [5.74, 6) is -0.272. The normalized spacial score (nSPS) is 10.8. The molecule has 126 valence electrons. The van der Waals surface area contributed by atoms with Crippen molar-refractivity contribution >= 4 is 5.97 Å². The highest BCUT2D eigenvalue weighted by Gasteiger charge is 2.00. The molecule has 5 nitrogen and oxygen atoms in total. The average Bonchev–Trinajstić information content (AvgIpc) is 2.48. The van der Waals surface area contributed by atoms with E-state index < -0.39 is 0 Å². The second-order valence-electron chi connectivity index (χ2n) is 5.09. The van der Waals surface area contributed by atoms with Crippen molar-refractivity contribution < 1.29 is 19.0 Å². The zero-order chi connectivity index (χ0) is 15.6. The summed E-state index contributed by atoms with van der Waals surface area (Å²) in [6.07, 6.45) is 9.28. The van der Waals surface area contributed by atoms with Crippen molar-refractivity contribution in [2.45, 2.75) is 58.3 Å². The zero-order valence-corrected chi connectivity index (χ0v) is 13.6. The van der Waals surface area contributed by atoms with Crippen LogP contribution in [0, 0.1) is 0 Å². The molecule has 0 heterocycles. The summed E-state index contributed by atoms with van der Waals surface area (Å²) in [5.41, 5.74) is 5.38. The molecule has 0 bridgehead atoms. The molecule has 0 radical (unpaired) electrons. The molecule has 0 fully saturated rings. The van der Waals surface area contributed by atoms with Gasteiger partial charge in [0.25, 0.3) is 0 Å². The topological polar surface area (TPSA) is 70.8 Å². The lowest BCUT2D eigenvalue weighted by Crippen LogP contribution is -2.12. The van der Waals surface area contributed by atoms with Crippen molar-refractivity contribution in [3.8, 4) is 0 Å². The van der Waals surface area contributed by atoms with Crippen LogP contribution >= 0.6 is 0 Å². The van der Waals surface area contributed by atoms with Crippen LogP contribution in [0.4, 0.5) is 0 Å². The van der Waals surface area contributed by atoms with Gasteiger partial charge in [-0.2, -0.15) is 0 Å². The minimum Gasteiger partial charge on any atom is -0.464 e. The highest BCUT2D eigenvalue weighted by molar-refractivity contribution is 5.70. The Labute approximate surface area is 129 Å². The third-order valence-corrected chi connectivity index (χ3v) is 3.10. The van der Waals surface area contributed by atoms with Crippen molar-refractivity contribution in [3.63, 3.8) is 0 Å². The van der Waals surface area contributed by atoms with E-state index in [0.29, 0.717) is 19.8 Å². The third-order valence-electron chi connectivity index (χ3n) is 3.10. The number of esters is 1. The maximum Gasteiger partial charge on any atom is 0.332 e. The summed E-state index contributed by atoms with van der Waals surface area (Å²) in [4.78, 5) is 11.0. The van der Waals surface area contributed by atoms with Gasteiger partial charge in [0.15, 0.2) is 0 Å². The maximum atomic E-state index is 11.0. The fourth-order valence-electron chi connectivity index (χ4n) is 1.94. The lowest BCUT2D eigenvalue weighted by atomic mass is 10.1. The number of hydrogen-bond donors (Lipinski definition) is 1. The summed E-state index contributed by atoms with van der Waals surface area (Å²) in [7, 11) is 0. The van der Waals surface area contributed by atoms with Gasteiger partial charge in [0, 0.05) is 19.8 Å². The molecule has 0 atom stereocenters. The minimum absolute atomic E-state index is 0.0813. The Morgan fingerprint density at radius 1 is 0.810 bits per heavy atom. The molecule has 0 aliphatic heterocycles. The van der Waals surface area contributed by atoms with Gasteiger partial charge >= 0.3 is 5.97 Å². The molecular weight excluding hydrogens is 270 g/mol. The SMILES string of the molecule is CCOC(=O)COCCCCCCCCCOCCCN. The van der Waals surface area contributed by atoms with E-state index in [1.807, 2.05) is 0 Å². The lowest BCUT2D eigenvalue weighted by Gasteiger charge is -2.05. The van der Waals surface area contributed by atoms with E-state index in [9.17, 15) is 4.79 Å². The Morgan fingerprint density at radius 2 is 1.33 bits per heavy atom. The van der Waals surface area contributed by atoms with Crippen LogP contribution in [0.25, 0.3) is 0 Å². The number of carbonyl (C=O) groups excluding carboxylic acids is 1. The summed E-state index contributed by atoms with van der Waals surface area (Å²) in [6.45, 7) is 5.31. The van der Waals surface area contributed by atoms with Gasteiger partial charge in [0.1, 0.15) is 6.61 Å². The van der Waals surface area contributed by atoms with Gasteiger partial charge in [-0.25, -0.2) is 4.79 Å². The van der Waals surface area contributed by atoms with Crippen molar-refractivity contribution in [2.75, 3.05) is 39.6 Å². The molecule has 21 heavy (non-hydrogen) atoms. The van der Waals surface area contributed by atoms with Crippen LogP contribution in [0.3, 0.4) is 0 Å². The number of hydrogen-bond acceptors (Lipinski definition) is 5. The molecule has 0 aliphatic carbocycles. The smallest absolute Gasteiger partial charge is 0.332 e. The maximum absolute atomic E-state index is 11.0. The molecular formula is C16H33NO4. The second kappa shape index (κ2) is 17.4. The van der Waals surface area contributed by atoms with Crippen LogP contribution in [0.15, 0.2) is 0 Å². The monoisotopic (exact) mass is 303 g/mol. The highest BCUT2D eigenvalue weighted by Crippen LogP contribution is 2.07. The Hall–Kier alpha value is -0.650. The number of rotatable bonds is 16. The molecule has 0 aliphatic rings. The Morgan fingerprint density at radius 3 is 1.90 bits per heavy atom. The molecule has 0 aromatic rings. The van der Waals surface area contributed by atoms with Gasteiger partial charge in [0.05, 0.1) is 6.61 Å². The predicted molar refractivity (Wildman–Crippen MR) is 84.3 cm³/mol. The fourth-order valence-corrected chi connectivity index (χ4v) is 1.94. The van der Waals surface area contributed by atoms with Crippen molar-refractivity contribution in [1.29, 1.82) is 0 Å². The van der Waals surface area contributed by atoms with Gasteiger partial charge in [-0.05, 0) is 32.7 Å². The summed E-state index contributed by atoms with van der Waals surface area (Å²) in [6, 6.07) is 0. The molecule has 0 unspecified atom stereocenters. The van der Waals surface area contributed by atoms with Gasteiger partial charge in [-0.15, -0.1) is 0 Å². The summed E-state index contributed by atoms with van der Waals surface area (Å²) >= 11 is 0. The summed E-state index contributed by atoms with van der Waals surface area (Å²) < 4.78 is 15.5. The van der Waals surface area contributed by atoms with E-state index >= 15 is 0 Å². The molecule has 5 heteroatoms. The number of unbranched alkanes of at least 4 members (excludes halogenated alkanes) is 6. The van der Waals surface area contributed by atoms with E-state index in [1.54, 1.807) is 6.92 Å². The van der Waals surface area contributed by atoms with E-state index in [2.05, 4.69) is 0 Å². The van der Waals surface area contributed by atoms with Crippen molar-refractivity contribution in [2.24, 2.45) is 5.73 Å². The van der Waals surface area contributed by atoms with Gasteiger partial charge in [-0.1, -0.05) is 32.1 Å². The first-order chi connectivity index (χ1) is 10.3. The highest BCUT2D eigenvalue weighted by atomic mass is 16.6. The minimum atomic E-state index is -0.272. The van der Waals surface area contributed by atoms with Gasteiger partial charge in [-0.3, -0.25) is 0 Å².